The van der Waals surface area contributed by atoms with E-state index in [0.29, 0.717) is 11.8 Å². The van der Waals surface area contributed by atoms with Crippen molar-refractivity contribution < 1.29 is 18.1 Å². The zero-order valence-corrected chi connectivity index (χ0v) is 34.1. The van der Waals surface area contributed by atoms with Crippen molar-refractivity contribution in [2.75, 3.05) is 0 Å². The molecule has 0 aliphatic heterocycles. The quantitative estimate of drug-likeness (QED) is 0.0869. The highest BCUT2D eigenvalue weighted by atomic mass is 31.1. The molecule has 0 aliphatic rings. The van der Waals surface area contributed by atoms with Crippen molar-refractivity contribution in [1.29, 1.82) is 0 Å². The Labute approximate surface area is 323 Å². The van der Waals surface area contributed by atoms with E-state index in [2.05, 4.69) is 182 Å². The highest BCUT2D eigenvalue weighted by molar-refractivity contribution is 7.27. The summed E-state index contributed by atoms with van der Waals surface area (Å²) in [5.41, 5.74) is 9.10. The molecule has 54 heavy (non-hydrogen) atoms. The van der Waals surface area contributed by atoms with Crippen LogP contribution in [0.5, 0.6) is 23.0 Å². The van der Waals surface area contributed by atoms with Crippen molar-refractivity contribution in [1.82, 2.24) is 0 Å². The lowest BCUT2D eigenvalue weighted by atomic mass is 9.79. The Kier molecular flexibility index (Phi) is 11.5. The van der Waals surface area contributed by atoms with Crippen LogP contribution in [0.15, 0.2) is 133 Å². The SMILES string of the molecule is Cc1ccc(C(c2c(OPOc3cc(C)ccc3C(C)C)ccc3ccccc23)c2c(OPOc3cc(C)ccc3C(C)C)ccc3ccccc23)cc1. The van der Waals surface area contributed by atoms with Crippen molar-refractivity contribution in [2.24, 2.45) is 0 Å². The zero-order chi connectivity index (χ0) is 37.8. The molecule has 274 valence electrons. The van der Waals surface area contributed by atoms with Gasteiger partial charge in [-0.1, -0.05) is 142 Å². The van der Waals surface area contributed by atoms with Gasteiger partial charge in [0, 0.05) is 17.0 Å². The third-order valence-electron chi connectivity index (χ3n) is 10.0. The molecule has 0 N–H and O–H groups in total. The van der Waals surface area contributed by atoms with Crippen LogP contribution in [-0.4, -0.2) is 0 Å². The van der Waals surface area contributed by atoms with Gasteiger partial charge in [0.15, 0.2) is 0 Å². The summed E-state index contributed by atoms with van der Waals surface area (Å²) in [4.78, 5) is 0. The van der Waals surface area contributed by atoms with Crippen LogP contribution in [-0.2, 0) is 0 Å². The second-order valence-electron chi connectivity index (χ2n) is 14.7. The van der Waals surface area contributed by atoms with Gasteiger partial charge < -0.3 is 18.1 Å². The molecule has 0 spiro atoms. The number of hydrogen-bond donors (Lipinski definition) is 0. The number of rotatable bonds is 13. The molecule has 0 heterocycles. The summed E-state index contributed by atoms with van der Waals surface area (Å²) in [6.07, 6.45) is 0. The first-order chi connectivity index (χ1) is 26.2. The van der Waals surface area contributed by atoms with Crippen LogP contribution in [0.25, 0.3) is 21.5 Å². The van der Waals surface area contributed by atoms with Crippen LogP contribution in [0.2, 0.25) is 0 Å². The van der Waals surface area contributed by atoms with Crippen LogP contribution in [0.4, 0.5) is 0 Å². The Morgan fingerprint density at radius 1 is 0.407 bits per heavy atom. The van der Waals surface area contributed by atoms with E-state index in [0.717, 1.165) is 72.4 Å². The first-order valence-electron chi connectivity index (χ1n) is 18.7. The summed E-state index contributed by atoms with van der Waals surface area (Å²) >= 11 is 0. The highest BCUT2D eigenvalue weighted by Crippen LogP contribution is 2.49. The second-order valence-corrected chi connectivity index (χ2v) is 15.9. The average molecular weight is 751 g/mol. The molecule has 0 saturated heterocycles. The Morgan fingerprint density at radius 2 is 0.815 bits per heavy atom. The van der Waals surface area contributed by atoms with Crippen LogP contribution in [0.3, 0.4) is 0 Å². The molecule has 0 aromatic heterocycles. The molecule has 0 saturated carbocycles. The Morgan fingerprint density at radius 3 is 1.26 bits per heavy atom. The largest absolute Gasteiger partial charge is 0.440 e. The normalized spacial score (nSPS) is 12.5. The van der Waals surface area contributed by atoms with Gasteiger partial charge in [-0.15, -0.1) is 0 Å². The number of aryl methyl sites for hydroxylation is 3. The van der Waals surface area contributed by atoms with Gasteiger partial charge in [-0.3, -0.25) is 0 Å². The molecule has 7 rings (SSSR count). The fourth-order valence-electron chi connectivity index (χ4n) is 7.20. The van der Waals surface area contributed by atoms with E-state index >= 15 is 0 Å². The van der Waals surface area contributed by atoms with Gasteiger partial charge in [-0.05, 0) is 106 Å². The monoisotopic (exact) mass is 750 g/mol. The van der Waals surface area contributed by atoms with Crippen LogP contribution in [0.1, 0.15) is 90.0 Å². The van der Waals surface area contributed by atoms with Gasteiger partial charge in [-0.2, -0.15) is 0 Å². The Bertz CT molecular complexity index is 2250. The fraction of sp³-hybridized carbons (Fsp3) is 0.208. The van der Waals surface area contributed by atoms with Gasteiger partial charge in [0.25, 0.3) is 18.1 Å². The van der Waals surface area contributed by atoms with Gasteiger partial charge in [0.05, 0.1) is 0 Å². The molecule has 7 aromatic carbocycles. The first-order valence-corrected chi connectivity index (χ1v) is 20.3. The minimum absolute atomic E-state index is 0.246. The smallest absolute Gasteiger partial charge is 0.275 e. The summed E-state index contributed by atoms with van der Waals surface area (Å²) in [6, 6.07) is 47.2. The van der Waals surface area contributed by atoms with E-state index in [4.69, 9.17) is 18.1 Å². The molecule has 0 bridgehead atoms. The molecule has 2 unspecified atom stereocenters. The maximum Gasteiger partial charge on any atom is 0.275 e. The Hall–Kier alpha value is -4.88. The standard InChI is InChI=1S/C48H48O4P2/c1-30(2)38-24-18-33(6)28-44(38)51-53-49-42-26-22-35-12-8-10-14-40(35)47(42)46(37-20-16-32(5)17-21-37)48-41-15-11-9-13-36(41)23-27-43(48)50-54-52-45-29-34(7)19-25-39(45)31(3)4/h8-31,46,53-54H,1-7H3. The highest BCUT2D eigenvalue weighted by Gasteiger charge is 2.29. The maximum absolute atomic E-state index is 6.75. The van der Waals surface area contributed by atoms with Crippen molar-refractivity contribution in [3.63, 3.8) is 0 Å². The fourth-order valence-corrected chi connectivity index (χ4v) is 8.35. The number of fused-ring (bicyclic) bond motifs is 2. The second kappa shape index (κ2) is 16.6. The van der Waals surface area contributed by atoms with Gasteiger partial charge >= 0.3 is 0 Å². The summed E-state index contributed by atoms with van der Waals surface area (Å²) in [7, 11) is -0.492. The molecule has 0 aliphatic carbocycles. The predicted molar refractivity (Wildman–Crippen MR) is 230 cm³/mol. The number of hydrogen-bond acceptors (Lipinski definition) is 4. The van der Waals surface area contributed by atoms with Crippen molar-refractivity contribution in [3.05, 3.63) is 178 Å². The molecular formula is C48H48O4P2. The predicted octanol–water partition coefficient (Wildman–Crippen LogP) is 14.3. The van der Waals surface area contributed by atoms with Gasteiger partial charge in [0.1, 0.15) is 23.0 Å². The van der Waals surface area contributed by atoms with E-state index in [9.17, 15) is 0 Å². The average Bonchev–Trinajstić information content (AvgIpc) is 3.16. The van der Waals surface area contributed by atoms with E-state index in [1.807, 2.05) is 0 Å². The van der Waals surface area contributed by atoms with Gasteiger partial charge in [-0.25, -0.2) is 0 Å². The van der Waals surface area contributed by atoms with E-state index in [1.54, 1.807) is 0 Å². The Balaban J connectivity index is 1.37. The minimum Gasteiger partial charge on any atom is -0.440 e. The van der Waals surface area contributed by atoms with Crippen molar-refractivity contribution in [3.8, 4) is 23.0 Å². The molecule has 0 amide bonds. The lowest BCUT2D eigenvalue weighted by Crippen LogP contribution is -2.09. The summed E-state index contributed by atoms with van der Waals surface area (Å²) in [5, 5.41) is 4.50. The molecular weight excluding hydrogens is 702 g/mol. The van der Waals surface area contributed by atoms with E-state index in [-0.39, 0.29) is 24.0 Å². The van der Waals surface area contributed by atoms with E-state index < -0.39 is 0 Å². The van der Waals surface area contributed by atoms with Crippen molar-refractivity contribution in [2.45, 2.75) is 66.2 Å². The van der Waals surface area contributed by atoms with Crippen LogP contribution < -0.4 is 18.1 Å². The lowest BCUT2D eigenvalue weighted by Gasteiger charge is -2.27. The summed E-state index contributed by atoms with van der Waals surface area (Å²) in [5.74, 6) is 3.67. The van der Waals surface area contributed by atoms with Crippen molar-refractivity contribution >= 4 is 39.6 Å². The summed E-state index contributed by atoms with van der Waals surface area (Å²) < 4.78 is 26.4. The molecule has 2 atom stereocenters. The molecule has 7 aromatic rings. The van der Waals surface area contributed by atoms with Crippen LogP contribution in [0, 0.1) is 20.8 Å². The number of benzene rings is 7. The zero-order valence-electron chi connectivity index (χ0n) is 32.1. The topological polar surface area (TPSA) is 36.9 Å². The van der Waals surface area contributed by atoms with Gasteiger partial charge in [0.2, 0.25) is 0 Å². The minimum atomic E-state index is -0.252. The molecule has 6 heteroatoms. The molecule has 0 radical (unpaired) electrons. The third-order valence-corrected chi connectivity index (χ3v) is 11.3. The first kappa shape index (κ1) is 37.4. The van der Waals surface area contributed by atoms with E-state index in [1.165, 1.54) is 16.7 Å². The van der Waals surface area contributed by atoms with Crippen LogP contribution >= 0.6 is 18.1 Å². The lowest BCUT2D eigenvalue weighted by molar-refractivity contribution is 0.502. The summed E-state index contributed by atoms with van der Waals surface area (Å²) in [6.45, 7) is 15.1. The maximum atomic E-state index is 6.75. The third kappa shape index (κ3) is 8.12. The molecule has 4 nitrogen and oxygen atoms in total. The molecule has 0 fully saturated rings.